The van der Waals surface area contributed by atoms with E-state index in [0.717, 1.165) is 35.8 Å². The predicted octanol–water partition coefficient (Wildman–Crippen LogP) is 2.98. The zero-order valence-electron chi connectivity index (χ0n) is 9.57. The molecule has 0 radical (unpaired) electrons. The van der Waals surface area contributed by atoms with Crippen LogP contribution in [0.2, 0.25) is 0 Å². The van der Waals surface area contributed by atoms with Crippen molar-refractivity contribution in [1.29, 1.82) is 0 Å². The number of hydrogen-bond donors (Lipinski definition) is 0. The Hall–Kier alpha value is -0.740. The van der Waals surface area contributed by atoms with E-state index in [-0.39, 0.29) is 5.78 Å². The number of hydrogen-bond acceptors (Lipinski definition) is 4. The first-order chi connectivity index (χ1) is 7.75. The van der Waals surface area contributed by atoms with Crippen molar-refractivity contribution in [3.05, 3.63) is 16.1 Å². The highest BCUT2D eigenvalue weighted by molar-refractivity contribution is 7.13. The summed E-state index contributed by atoms with van der Waals surface area (Å²) >= 11 is 1.49. The smallest absolute Gasteiger partial charge is 0.174 e. The number of Topliss-reactive ketones (excluding diaryl/α,β-unsaturated/α-hetero) is 1. The first-order valence-corrected chi connectivity index (χ1v) is 6.64. The molecule has 0 amide bonds. The lowest BCUT2D eigenvalue weighted by molar-refractivity contribution is 0.0925. The Morgan fingerprint density at radius 2 is 2.56 bits per heavy atom. The Morgan fingerprint density at radius 3 is 3.19 bits per heavy atom. The second-order valence-corrected chi connectivity index (χ2v) is 5.43. The van der Waals surface area contributed by atoms with Crippen LogP contribution in [0.5, 0.6) is 0 Å². The number of carbonyl (C=O) groups excluding carboxylic acids is 1. The van der Waals surface area contributed by atoms with E-state index in [1.54, 1.807) is 6.20 Å². The van der Waals surface area contributed by atoms with Crippen molar-refractivity contribution in [2.24, 2.45) is 0 Å². The number of aryl methyl sites for hydroxylation is 1. The van der Waals surface area contributed by atoms with E-state index in [0.29, 0.717) is 12.5 Å². The molecular formula is C12H17NO2S. The van der Waals surface area contributed by atoms with E-state index < -0.39 is 0 Å². The van der Waals surface area contributed by atoms with Gasteiger partial charge in [0.2, 0.25) is 0 Å². The highest BCUT2D eigenvalue weighted by Crippen LogP contribution is 2.20. The van der Waals surface area contributed by atoms with Gasteiger partial charge >= 0.3 is 0 Å². The van der Waals surface area contributed by atoms with Crippen molar-refractivity contribution in [2.45, 2.75) is 45.1 Å². The molecule has 1 unspecified atom stereocenters. The normalized spacial score (nSPS) is 20.2. The zero-order valence-corrected chi connectivity index (χ0v) is 10.4. The van der Waals surface area contributed by atoms with Gasteiger partial charge in [0.25, 0.3) is 0 Å². The Labute approximate surface area is 99.8 Å². The number of aromatic nitrogens is 1. The summed E-state index contributed by atoms with van der Waals surface area (Å²) < 4.78 is 5.52. The molecule has 1 fully saturated rings. The van der Waals surface area contributed by atoms with Crippen molar-refractivity contribution in [2.75, 3.05) is 6.61 Å². The molecule has 0 aliphatic carbocycles. The number of rotatable bonds is 5. The van der Waals surface area contributed by atoms with Crippen LogP contribution in [0.25, 0.3) is 0 Å². The molecule has 0 saturated carbocycles. The molecule has 0 N–H and O–H groups in total. The molecule has 1 aromatic heterocycles. The van der Waals surface area contributed by atoms with Crippen molar-refractivity contribution in [1.82, 2.24) is 4.98 Å². The summed E-state index contributed by atoms with van der Waals surface area (Å²) in [6, 6.07) is 0. The van der Waals surface area contributed by atoms with Gasteiger partial charge in [0.15, 0.2) is 5.78 Å². The zero-order chi connectivity index (χ0) is 11.4. The summed E-state index contributed by atoms with van der Waals surface area (Å²) in [6.07, 6.45) is 7.00. The van der Waals surface area contributed by atoms with Crippen LogP contribution < -0.4 is 0 Å². The molecule has 0 aromatic carbocycles. The topological polar surface area (TPSA) is 39.2 Å². The third kappa shape index (κ3) is 3.12. The first-order valence-electron chi connectivity index (χ1n) is 5.83. The second-order valence-electron chi connectivity index (χ2n) is 4.19. The molecule has 1 aromatic rings. The van der Waals surface area contributed by atoms with Crippen molar-refractivity contribution >= 4 is 17.1 Å². The number of thiazole rings is 1. The molecule has 2 heterocycles. The van der Waals surface area contributed by atoms with Gasteiger partial charge in [-0.25, -0.2) is 4.98 Å². The highest BCUT2D eigenvalue weighted by atomic mass is 32.1. The van der Waals surface area contributed by atoms with E-state index in [4.69, 9.17) is 4.74 Å². The molecule has 1 saturated heterocycles. The average molecular weight is 239 g/mol. The maximum absolute atomic E-state index is 11.8. The van der Waals surface area contributed by atoms with Crippen molar-refractivity contribution in [3.8, 4) is 0 Å². The van der Waals surface area contributed by atoms with Crippen LogP contribution in [0.15, 0.2) is 6.20 Å². The largest absolute Gasteiger partial charge is 0.378 e. The predicted molar refractivity (Wildman–Crippen MR) is 64.0 cm³/mol. The lowest BCUT2D eigenvalue weighted by atomic mass is 10.1. The standard InChI is InChI=1S/C12H17NO2S/c1-9-13-8-12(16-9)11(14)6-2-4-10-5-3-7-15-10/h8,10H,2-7H2,1H3. The maximum atomic E-state index is 11.8. The molecule has 88 valence electrons. The third-order valence-corrected chi connectivity index (χ3v) is 3.80. The summed E-state index contributed by atoms with van der Waals surface area (Å²) in [4.78, 5) is 16.7. The molecule has 1 aliphatic rings. The van der Waals surface area contributed by atoms with E-state index in [1.807, 2.05) is 6.92 Å². The lowest BCUT2D eigenvalue weighted by Gasteiger charge is -2.07. The molecule has 1 atom stereocenters. The molecule has 0 spiro atoms. The summed E-state index contributed by atoms with van der Waals surface area (Å²) in [5, 5.41) is 0.961. The second kappa shape index (κ2) is 5.55. The highest BCUT2D eigenvalue weighted by Gasteiger charge is 2.16. The van der Waals surface area contributed by atoms with E-state index in [1.165, 1.54) is 17.8 Å². The number of ether oxygens (including phenoxy) is 1. The Balaban J connectivity index is 1.71. The van der Waals surface area contributed by atoms with Crippen molar-refractivity contribution in [3.63, 3.8) is 0 Å². The maximum Gasteiger partial charge on any atom is 0.174 e. The molecule has 0 bridgehead atoms. The fourth-order valence-corrected chi connectivity index (χ4v) is 2.72. The van der Waals surface area contributed by atoms with Gasteiger partial charge < -0.3 is 4.74 Å². The molecule has 2 rings (SSSR count). The van der Waals surface area contributed by atoms with Crippen LogP contribution in [0, 0.1) is 6.92 Å². The molecule has 1 aliphatic heterocycles. The van der Waals surface area contributed by atoms with Gasteiger partial charge in [-0.2, -0.15) is 0 Å². The van der Waals surface area contributed by atoms with Gasteiger partial charge in [0.1, 0.15) is 0 Å². The first kappa shape index (κ1) is 11.7. The Morgan fingerprint density at radius 1 is 1.69 bits per heavy atom. The molecule has 16 heavy (non-hydrogen) atoms. The van der Waals surface area contributed by atoms with Gasteiger partial charge in [0.05, 0.1) is 16.0 Å². The van der Waals surface area contributed by atoms with Gasteiger partial charge in [0, 0.05) is 19.2 Å². The monoisotopic (exact) mass is 239 g/mol. The Kier molecular flexibility index (Phi) is 4.07. The number of nitrogens with zero attached hydrogens (tertiary/aromatic N) is 1. The van der Waals surface area contributed by atoms with Crippen LogP contribution in [0.3, 0.4) is 0 Å². The number of ketones is 1. The van der Waals surface area contributed by atoms with Crippen LogP contribution in [0.1, 0.15) is 46.8 Å². The summed E-state index contributed by atoms with van der Waals surface area (Å²) in [7, 11) is 0. The average Bonchev–Trinajstić information content (AvgIpc) is 2.89. The quantitative estimate of drug-likeness (QED) is 0.741. The number of carbonyl (C=O) groups is 1. The van der Waals surface area contributed by atoms with Gasteiger partial charge in [-0.1, -0.05) is 0 Å². The van der Waals surface area contributed by atoms with Gasteiger partial charge in [-0.05, 0) is 32.6 Å². The van der Waals surface area contributed by atoms with Crippen molar-refractivity contribution < 1.29 is 9.53 Å². The molecular weight excluding hydrogens is 222 g/mol. The minimum absolute atomic E-state index is 0.226. The van der Waals surface area contributed by atoms with Crippen LogP contribution >= 0.6 is 11.3 Å². The van der Waals surface area contributed by atoms with E-state index in [2.05, 4.69) is 4.98 Å². The fraction of sp³-hybridized carbons (Fsp3) is 0.667. The minimum Gasteiger partial charge on any atom is -0.378 e. The molecule has 4 heteroatoms. The summed E-state index contributed by atoms with van der Waals surface area (Å²) in [5.41, 5.74) is 0. The summed E-state index contributed by atoms with van der Waals surface area (Å²) in [6.45, 7) is 2.82. The fourth-order valence-electron chi connectivity index (χ4n) is 1.98. The third-order valence-electron chi connectivity index (χ3n) is 2.85. The van der Waals surface area contributed by atoms with Crippen LogP contribution in [-0.4, -0.2) is 23.5 Å². The Bertz CT molecular complexity index is 356. The van der Waals surface area contributed by atoms with Crippen LogP contribution in [-0.2, 0) is 4.74 Å². The van der Waals surface area contributed by atoms with Crippen LogP contribution in [0.4, 0.5) is 0 Å². The lowest BCUT2D eigenvalue weighted by Crippen LogP contribution is -2.06. The summed E-state index contributed by atoms with van der Waals surface area (Å²) in [5.74, 6) is 0.226. The SMILES string of the molecule is Cc1ncc(C(=O)CCCC2CCCO2)s1. The van der Waals surface area contributed by atoms with Gasteiger partial charge in [-0.3, -0.25) is 4.79 Å². The van der Waals surface area contributed by atoms with E-state index >= 15 is 0 Å². The minimum atomic E-state index is 0.226. The van der Waals surface area contributed by atoms with E-state index in [9.17, 15) is 4.79 Å². The molecule has 3 nitrogen and oxygen atoms in total. The van der Waals surface area contributed by atoms with Gasteiger partial charge in [-0.15, -0.1) is 11.3 Å².